The van der Waals surface area contributed by atoms with Gasteiger partial charge in [-0.25, -0.2) is 13.1 Å². The average Bonchev–Trinajstić information content (AvgIpc) is 2.57. The Hall–Kier alpha value is -1.85. The summed E-state index contributed by atoms with van der Waals surface area (Å²) in [6, 6.07) is 9.13. The summed E-state index contributed by atoms with van der Waals surface area (Å²) in [5.74, 6) is 0.692. The van der Waals surface area contributed by atoms with Gasteiger partial charge in [-0.05, 0) is 74.1 Å². The van der Waals surface area contributed by atoms with E-state index in [4.69, 9.17) is 4.74 Å². The maximum absolute atomic E-state index is 12.9. The van der Waals surface area contributed by atoms with Gasteiger partial charge in [0.05, 0.1) is 12.0 Å². The lowest BCUT2D eigenvalue weighted by atomic mass is 10.0. The van der Waals surface area contributed by atoms with Crippen LogP contribution in [0.5, 0.6) is 5.75 Å². The third-order valence-corrected chi connectivity index (χ3v) is 6.45. The molecule has 0 aliphatic heterocycles. The van der Waals surface area contributed by atoms with E-state index in [2.05, 4.69) is 10.8 Å². The Labute approximate surface area is 151 Å². The number of nitrogens with one attached hydrogen (secondary N) is 1. The van der Waals surface area contributed by atoms with Crippen LogP contribution >= 0.6 is 0 Å². The summed E-state index contributed by atoms with van der Waals surface area (Å²) in [4.78, 5) is 0.299. The molecule has 136 valence electrons. The smallest absolute Gasteiger partial charge is 0.241 e. The van der Waals surface area contributed by atoms with Crippen LogP contribution < -0.4 is 9.46 Å². The third-order valence-electron chi connectivity index (χ3n) is 4.84. The molecule has 2 rings (SSSR count). The first-order chi connectivity index (χ1) is 11.7. The molecule has 25 heavy (non-hydrogen) atoms. The Kier molecular flexibility index (Phi) is 5.91. The highest BCUT2D eigenvalue weighted by Crippen LogP contribution is 2.28. The fraction of sp³-hybridized carbons (Fsp3) is 0.400. The molecule has 0 aromatic heterocycles. The topological polar surface area (TPSA) is 55.4 Å². The molecule has 2 aromatic rings. The maximum atomic E-state index is 12.9. The lowest BCUT2D eigenvalue weighted by molar-refractivity contribution is 0.410. The highest BCUT2D eigenvalue weighted by Gasteiger charge is 2.23. The van der Waals surface area contributed by atoms with Gasteiger partial charge in [0.15, 0.2) is 0 Å². The van der Waals surface area contributed by atoms with E-state index in [9.17, 15) is 8.42 Å². The minimum absolute atomic E-state index is 0.258. The van der Waals surface area contributed by atoms with E-state index in [1.165, 1.54) is 5.56 Å². The van der Waals surface area contributed by atoms with E-state index in [-0.39, 0.29) is 6.04 Å². The number of hydrogen-bond acceptors (Lipinski definition) is 3. The minimum Gasteiger partial charge on any atom is -0.496 e. The van der Waals surface area contributed by atoms with E-state index in [0.717, 1.165) is 16.7 Å². The summed E-state index contributed by atoms with van der Waals surface area (Å²) in [7, 11) is -2.04. The fourth-order valence-electron chi connectivity index (χ4n) is 2.90. The number of benzene rings is 2. The number of aryl methyl sites for hydroxylation is 2. The van der Waals surface area contributed by atoms with Crippen molar-refractivity contribution in [2.45, 2.75) is 52.0 Å². The molecule has 0 spiro atoms. The monoisotopic (exact) mass is 361 g/mol. The lowest BCUT2D eigenvalue weighted by Gasteiger charge is -2.20. The van der Waals surface area contributed by atoms with Crippen molar-refractivity contribution in [3.8, 4) is 5.75 Å². The van der Waals surface area contributed by atoms with Crippen molar-refractivity contribution < 1.29 is 13.2 Å². The van der Waals surface area contributed by atoms with E-state index in [0.29, 0.717) is 22.6 Å². The normalized spacial score (nSPS) is 12.9. The van der Waals surface area contributed by atoms with Crippen LogP contribution in [0.25, 0.3) is 0 Å². The van der Waals surface area contributed by atoms with Crippen molar-refractivity contribution >= 4 is 10.0 Å². The van der Waals surface area contributed by atoms with Gasteiger partial charge < -0.3 is 4.74 Å². The second-order valence-electron chi connectivity index (χ2n) is 6.44. The Morgan fingerprint density at radius 1 is 1.00 bits per heavy atom. The predicted molar refractivity (Wildman–Crippen MR) is 102 cm³/mol. The summed E-state index contributed by atoms with van der Waals surface area (Å²) < 4.78 is 34.0. The first-order valence-electron chi connectivity index (χ1n) is 8.45. The van der Waals surface area contributed by atoms with Crippen LogP contribution in [0.3, 0.4) is 0 Å². The zero-order valence-corrected chi connectivity index (χ0v) is 16.6. The van der Waals surface area contributed by atoms with Crippen LogP contribution in [0.2, 0.25) is 0 Å². The molecule has 2 aromatic carbocycles. The molecule has 1 N–H and O–H groups in total. The number of methoxy groups -OCH3 is 1. The molecule has 0 heterocycles. The van der Waals surface area contributed by atoms with Crippen molar-refractivity contribution in [3.05, 3.63) is 58.1 Å². The van der Waals surface area contributed by atoms with Gasteiger partial charge >= 0.3 is 0 Å². The lowest BCUT2D eigenvalue weighted by Crippen LogP contribution is -2.29. The average molecular weight is 362 g/mol. The second-order valence-corrected chi connectivity index (χ2v) is 8.12. The minimum atomic E-state index is -3.63. The summed E-state index contributed by atoms with van der Waals surface area (Å²) in [5, 5.41) is 0. The largest absolute Gasteiger partial charge is 0.496 e. The van der Waals surface area contributed by atoms with Crippen LogP contribution in [0.15, 0.2) is 35.2 Å². The molecule has 0 aliphatic rings. The maximum Gasteiger partial charge on any atom is 0.241 e. The van der Waals surface area contributed by atoms with Crippen molar-refractivity contribution in [2.75, 3.05) is 7.11 Å². The van der Waals surface area contributed by atoms with E-state index in [1.807, 2.05) is 46.8 Å². The Morgan fingerprint density at radius 3 is 2.24 bits per heavy atom. The molecular weight excluding hydrogens is 334 g/mol. The van der Waals surface area contributed by atoms with Crippen LogP contribution in [0.4, 0.5) is 0 Å². The summed E-state index contributed by atoms with van der Waals surface area (Å²) in [5.41, 5.74) is 4.89. The second kappa shape index (κ2) is 7.58. The molecule has 0 amide bonds. The Balaban J connectivity index is 2.39. The molecule has 5 heteroatoms. The van der Waals surface area contributed by atoms with Gasteiger partial charge in [0.25, 0.3) is 0 Å². The highest BCUT2D eigenvalue weighted by molar-refractivity contribution is 7.89. The standard InChI is InChI=1S/C20H27NO3S/c1-7-18(17-9-8-13(2)14(3)12-17)21-25(22,23)20-11-10-19(24-6)15(4)16(20)5/h8-12,18,21H,7H2,1-6H3/t18-/m1/s1. The van der Waals surface area contributed by atoms with Gasteiger partial charge in [0.2, 0.25) is 10.0 Å². The van der Waals surface area contributed by atoms with Crippen LogP contribution in [-0.2, 0) is 10.0 Å². The number of rotatable bonds is 6. The van der Waals surface area contributed by atoms with Gasteiger partial charge in [-0.15, -0.1) is 0 Å². The molecule has 0 aliphatic carbocycles. The molecular formula is C20H27NO3S. The molecule has 0 saturated heterocycles. The third kappa shape index (κ3) is 4.05. The molecule has 0 saturated carbocycles. The first-order valence-corrected chi connectivity index (χ1v) is 9.93. The highest BCUT2D eigenvalue weighted by atomic mass is 32.2. The number of ether oxygens (including phenoxy) is 1. The van der Waals surface area contributed by atoms with Crippen molar-refractivity contribution in [2.24, 2.45) is 0 Å². The van der Waals surface area contributed by atoms with Crippen molar-refractivity contribution in [1.82, 2.24) is 4.72 Å². The Morgan fingerprint density at radius 2 is 1.68 bits per heavy atom. The zero-order valence-electron chi connectivity index (χ0n) is 15.8. The van der Waals surface area contributed by atoms with Crippen LogP contribution in [0, 0.1) is 27.7 Å². The zero-order chi connectivity index (χ0) is 18.8. The van der Waals surface area contributed by atoms with Crippen LogP contribution in [0.1, 0.15) is 47.2 Å². The first kappa shape index (κ1) is 19.5. The van der Waals surface area contributed by atoms with Crippen molar-refractivity contribution in [1.29, 1.82) is 0 Å². The van der Waals surface area contributed by atoms with Gasteiger partial charge in [-0.3, -0.25) is 0 Å². The van der Waals surface area contributed by atoms with Crippen LogP contribution in [-0.4, -0.2) is 15.5 Å². The molecule has 0 fully saturated rings. The summed E-state index contributed by atoms with van der Waals surface area (Å²) in [6.07, 6.45) is 0.677. The van der Waals surface area contributed by atoms with E-state index >= 15 is 0 Å². The number of sulfonamides is 1. The number of hydrogen-bond donors (Lipinski definition) is 1. The SMILES string of the molecule is CC[C@@H](NS(=O)(=O)c1ccc(OC)c(C)c1C)c1ccc(C)c(C)c1. The molecule has 1 atom stereocenters. The van der Waals surface area contributed by atoms with Gasteiger partial charge in [-0.1, -0.05) is 25.1 Å². The summed E-state index contributed by atoms with van der Waals surface area (Å²) in [6.45, 7) is 9.75. The van der Waals surface area contributed by atoms with Crippen molar-refractivity contribution in [3.63, 3.8) is 0 Å². The molecule has 0 unspecified atom stereocenters. The van der Waals surface area contributed by atoms with E-state index in [1.54, 1.807) is 19.2 Å². The van der Waals surface area contributed by atoms with Gasteiger partial charge in [0.1, 0.15) is 5.75 Å². The molecule has 4 nitrogen and oxygen atoms in total. The fourth-order valence-corrected chi connectivity index (χ4v) is 4.51. The van der Waals surface area contributed by atoms with Gasteiger partial charge in [0, 0.05) is 6.04 Å². The Bertz CT molecular complexity index is 873. The van der Waals surface area contributed by atoms with E-state index < -0.39 is 10.0 Å². The molecule has 0 radical (unpaired) electrons. The molecule has 0 bridgehead atoms. The summed E-state index contributed by atoms with van der Waals surface area (Å²) >= 11 is 0. The predicted octanol–water partition coefficient (Wildman–Crippen LogP) is 4.36. The quantitative estimate of drug-likeness (QED) is 0.832. The van der Waals surface area contributed by atoms with Gasteiger partial charge in [-0.2, -0.15) is 0 Å².